The van der Waals surface area contributed by atoms with Crippen molar-refractivity contribution in [3.63, 3.8) is 0 Å². The number of carbonyl (C=O) groups is 1. The molecule has 0 bridgehead atoms. The summed E-state index contributed by atoms with van der Waals surface area (Å²) < 4.78 is 0. The third-order valence-corrected chi connectivity index (χ3v) is 3.99. The number of ketones is 1. The molecule has 1 atom stereocenters. The number of Topliss-reactive ketones (excluding diaryl/α,β-unsaturated/α-hetero) is 1. The molecule has 0 radical (unpaired) electrons. The number of allylic oxidation sites excluding steroid dienone is 1. The molecular formula is C17H16OS. The first-order valence-electron chi connectivity index (χ1n) is 6.23. The monoisotopic (exact) mass is 268 g/mol. The molecule has 1 unspecified atom stereocenters. The molecule has 2 aromatic rings. The third-order valence-electron chi connectivity index (χ3n) is 2.75. The second kappa shape index (κ2) is 6.95. The molecule has 0 aliphatic carbocycles. The lowest BCUT2D eigenvalue weighted by Gasteiger charge is -2.13. The Bertz CT molecular complexity index is 534. The molecule has 2 rings (SSSR count). The van der Waals surface area contributed by atoms with Gasteiger partial charge in [-0.25, -0.2) is 0 Å². The molecule has 1 nitrogen and oxygen atoms in total. The van der Waals surface area contributed by atoms with E-state index in [-0.39, 0.29) is 11.0 Å². The van der Waals surface area contributed by atoms with Crippen molar-refractivity contribution in [2.45, 2.75) is 16.6 Å². The van der Waals surface area contributed by atoms with Gasteiger partial charge in [-0.1, -0.05) is 54.6 Å². The summed E-state index contributed by atoms with van der Waals surface area (Å²) in [6, 6.07) is 19.4. The first kappa shape index (κ1) is 13.6. The van der Waals surface area contributed by atoms with Crippen LogP contribution >= 0.6 is 11.8 Å². The summed E-state index contributed by atoms with van der Waals surface area (Å²) in [7, 11) is 0. The van der Waals surface area contributed by atoms with Crippen LogP contribution in [0.3, 0.4) is 0 Å². The van der Waals surface area contributed by atoms with Crippen LogP contribution in [0.15, 0.2) is 78.2 Å². The molecule has 0 heterocycles. The van der Waals surface area contributed by atoms with E-state index in [1.807, 2.05) is 60.7 Å². The van der Waals surface area contributed by atoms with E-state index in [0.29, 0.717) is 6.42 Å². The maximum atomic E-state index is 12.5. The van der Waals surface area contributed by atoms with Gasteiger partial charge >= 0.3 is 0 Å². The number of hydrogen-bond acceptors (Lipinski definition) is 2. The van der Waals surface area contributed by atoms with Crippen molar-refractivity contribution >= 4 is 17.5 Å². The highest BCUT2D eigenvalue weighted by Crippen LogP contribution is 2.28. The van der Waals surface area contributed by atoms with E-state index in [1.54, 1.807) is 17.8 Å². The van der Waals surface area contributed by atoms with Gasteiger partial charge in [-0.05, 0) is 18.6 Å². The average molecular weight is 268 g/mol. The first-order chi connectivity index (χ1) is 9.31. The van der Waals surface area contributed by atoms with Crippen LogP contribution in [0.1, 0.15) is 16.8 Å². The van der Waals surface area contributed by atoms with Crippen molar-refractivity contribution in [2.75, 3.05) is 0 Å². The second-order valence-corrected chi connectivity index (χ2v) is 5.45. The summed E-state index contributed by atoms with van der Waals surface area (Å²) >= 11 is 1.60. The Kier molecular flexibility index (Phi) is 4.99. The van der Waals surface area contributed by atoms with E-state index < -0.39 is 0 Å². The summed E-state index contributed by atoms with van der Waals surface area (Å²) in [4.78, 5) is 13.6. The van der Waals surface area contributed by atoms with Crippen molar-refractivity contribution in [2.24, 2.45) is 0 Å². The van der Waals surface area contributed by atoms with Crippen molar-refractivity contribution in [1.29, 1.82) is 0 Å². The molecule has 0 saturated heterocycles. The van der Waals surface area contributed by atoms with Gasteiger partial charge in [0.1, 0.15) is 0 Å². The average Bonchev–Trinajstić information content (AvgIpc) is 2.48. The van der Waals surface area contributed by atoms with Gasteiger partial charge in [-0.3, -0.25) is 4.79 Å². The molecule has 96 valence electrons. The lowest BCUT2D eigenvalue weighted by atomic mass is 10.1. The lowest BCUT2D eigenvalue weighted by Crippen LogP contribution is -2.16. The van der Waals surface area contributed by atoms with E-state index in [4.69, 9.17) is 0 Å². The number of rotatable bonds is 6. The van der Waals surface area contributed by atoms with Gasteiger partial charge in [0, 0.05) is 10.5 Å². The Hall–Kier alpha value is -1.80. The van der Waals surface area contributed by atoms with Gasteiger partial charge in [0.15, 0.2) is 5.78 Å². The van der Waals surface area contributed by atoms with Gasteiger partial charge < -0.3 is 0 Å². The van der Waals surface area contributed by atoms with E-state index in [2.05, 4.69) is 6.58 Å². The molecule has 0 aliphatic rings. The van der Waals surface area contributed by atoms with Crippen molar-refractivity contribution < 1.29 is 4.79 Å². The minimum absolute atomic E-state index is 0.109. The summed E-state index contributed by atoms with van der Waals surface area (Å²) in [5, 5.41) is -0.109. The van der Waals surface area contributed by atoms with E-state index in [9.17, 15) is 4.79 Å². The van der Waals surface area contributed by atoms with Gasteiger partial charge in [0.25, 0.3) is 0 Å². The molecule has 19 heavy (non-hydrogen) atoms. The summed E-state index contributed by atoms with van der Waals surface area (Å²) in [5.74, 6) is 0.161. The maximum Gasteiger partial charge on any atom is 0.176 e. The Morgan fingerprint density at radius 2 is 1.63 bits per heavy atom. The smallest absolute Gasteiger partial charge is 0.176 e. The minimum atomic E-state index is -0.109. The fraction of sp³-hybridized carbons (Fsp3) is 0.118. The molecule has 0 saturated carbocycles. The fourth-order valence-electron chi connectivity index (χ4n) is 1.81. The molecule has 0 N–H and O–H groups in total. The van der Waals surface area contributed by atoms with Crippen LogP contribution in [0.2, 0.25) is 0 Å². The topological polar surface area (TPSA) is 17.1 Å². The first-order valence-corrected chi connectivity index (χ1v) is 7.11. The quantitative estimate of drug-likeness (QED) is 0.432. The largest absolute Gasteiger partial charge is 0.293 e. The third kappa shape index (κ3) is 3.83. The SMILES string of the molecule is C=CCC(Sc1ccccc1)C(=O)c1ccccc1. The Morgan fingerprint density at radius 3 is 2.21 bits per heavy atom. The number of benzene rings is 2. The molecule has 0 amide bonds. The van der Waals surface area contributed by atoms with Crippen molar-refractivity contribution in [3.8, 4) is 0 Å². The van der Waals surface area contributed by atoms with Crippen LogP contribution < -0.4 is 0 Å². The number of hydrogen-bond donors (Lipinski definition) is 0. The van der Waals surface area contributed by atoms with Gasteiger partial charge in [-0.2, -0.15) is 0 Å². The van der Waals surface area contributed by atoms with E-state index in [0.717, 1.165) is 10.5 Å². The molecule has 2 heteroatoms. The van der Waals surface area contributed by atoms with Crippen LogP contribution in [0.25, 0.3) is 0 Å². The standard InChI is InChI=1S/C17H16OS/c1-2-9-16(19-15-12-7-4-8-13-15)17(18)14-10-5-3-6-11-14/h2-8,10-13,16H,1,9H2. The van der Waals surface area contributed by atoms with Crippen molar-refractivity contribution in [3.05, 3.63) is 78.9 Å². The van der Waals surface area contributed by atoms with Crippen LogP contribution in [-0.2, 0) is 0 Å². The summed E-state index contributed by atoms with van der Waals surface area (Å²) in [5.41, 5.74) is 0.762. The Labute approximate surface area is 118 Å². The molecule has 0 aromatic heterocycles. The lowest BCUT2D eigenvalue weighted by molar-refractivity contribution is 0.0990. The second-order valence-electron chi connectivity index (χ2n) is 4.17. The zero-order valence-electron chi connectivity index (χ0n) is 10.7. The predicted octanol–water partition coefficient (Wildman–Crippen LogP) is 4.61. The number of carbonyl (C=O) groups excluding carboxylic acids is 1. The highest BCUT2D eigenvalue weighted by atomic mass is 32.2. The highest BCUT2D eigenvalue weighted by molar-refractivity contribution is 8.00. The van der Waals surface area contributed by atoms with Crippen LogP contribution in [-0.4, -0.2) is 11.0 Å². The molecule has 0 spiro atoms. The molecule has 0 aliphatic heterocycles. The normalized spacial score (nSPS) is 11.8. The molecule has 0 fully saturated rings. The minimum Gasteiger partial charge on any atom is -0.293 e. The maximum absolute atomic E-state index is 12.5. The van der Waals surface area contributed by atoms with Crippen LogP contribution in [0.4, 0.5) is 0 Å². The van der Waals surface area contributed by atoms with E-state index in [1.165, 1.54) is 0 Å². The van der Waals surface area contributed by atoms with E-state index >= 15 is 0 Å². The van der Waals surface area contributed by atoms with Crippen LogP contribution in [0, 0.1) is 0 Å². The Morgan fingerprint density at radius 1 is 1.05 bits per heavy atom. The fourth-order valence-corrected chi connectivity index (χ4v) is 2.93. The van der Waals surface area contributed by atoms with Crippen molar-refractivity contribution in [1.82, 2.24) is 0 Å². The zero-order valence-corrected chi connectivity index (χ0v) is 11.5. The molecule has 2 aromatic carbocycles. The summed E-state index contributed by atoms with van der Waals surface area (Å²) in [6.07, 6.45) is 2.48. The van der Waals surface area contributed by atoms with Gasteiger partial charge in [0.05, 0.1) is 5.25 Å². The predicted molar refractivity (Wildman–Crippen MR) is 81.7 cm³/mol. The Balaban J connectivity index is 2.16. The van der Waals surface area contributed by atoms with Gasteiger partial charge in [0.2, 0.25) is 0 Å². The summed E-state index contributed by atoms with van der Waals surface area (Å²) in [6.45, 7) is 3.75. The molecular weight excluding hydrogens is 252 g/mol. The number of thioether (sulfide) groups is 1. The van der Waals surface area contributed by atoms with Gasteiger partial charge in [-0.15, -0.1) is 18.3 Å². The highest BCUT2D eigenvalue weighted by Gasteiger charge is 2.19. The zero-order chi connectivity index (χ0) is 13.5. The van der Waals surface area contributed by atoms with Crippen LogP contribution in [0.5, 0.6) is 0 Å².